The van der Waals surface area contributed by atoms with Gasteiger partial charge in [0.1, 0.15) is 0 Å². The van der Waals surface area contributed by atoms with Gasteiger partial charge in [0.25, 0.3) is 0 Å². The average Bonchev–Trinajstić information content (AvgIpc) is 3.03. The predicted octanol–water partition coefficient (Wildman–Crippen LogP) is 2.36. The molecule has 25 heavy (non-hydrogen) atoms. The van der Waals surface area contributed by atoms with Gasteiger partial charge in [0.2, 0.25) is 5.91 Å². The Morgan fingerprint density at radius 1 is 1.32 bits per heavy atom. The number of guanidine groups is 1. The van der Waals surface area contributed by atoms with E-state index in [4.69, 9.17) is 0 Å². The van der Waals surface area contributed by atoms with Gasteiger partial charge in [-0.1, -0.05) is 19.1 Å². The highest BCUT2D eigenvalue weighted by atomic mass is 32.1. The number of nitrogens with zero attached hydrogens (tertiary/aromatic N) is 2. The van der Waals surface area contributed by atoms with Crippen LogP contribution in [0.1, 0.15) is 22.4 Å². The number of nitrogens with one attached hydrogen (secondary N) is 3. The molecule has 0 saturated heterocycles. The van der Waals surface area contributed by atoms with Crippen LogP contribution in [0, 0.1) is 6.92 Å². The summed E-state index contributed by atoms with van der Waals surface area (Å²) in [4.78, 5) is 21.7. The third kappa shape index (κ3) is 6.54. The molecule has 0 aliphatic rings. The molecule has 1 amide bonds. The number of thiazole rings is 1. The number of aryl methyl sites for hydroxylation is 2. The molecule has 7 heteroatoms. The van der Waals surface area contributed by atoms with Gasteiger partial charge in [0, 0.05) is 36.8 Å². The first-order valence-corrected chi connectivity index (χ1v) is 9.17. The Balaban J connectivity index is 1.72. The third-order valence-corrected chi connectivity index (χ3v) is 4.53. The Bertz CT molecular complexity index is 726. The number of hydrogen-bond acceptors (Lipinski definition) is 4. The Morgan fingerprint density at radius 2 is 2.16 bits per heavy atom. The second-order valence-electron chi connectivity index (χ2n) is 5.57. The third-order valence-electron chi connectivity index (χ3n) is 3.56. The number of carbonyl (C=O) groups is 1. The molecule has 0 bridgehead atoms. The molecule has 1 aromatic carbocycles. The van der Waals surface area contributed by atoms with Crippen LogP contribution in [-0.2, 0) is 17.6 Å². The zero-order valence-electron chi connectivity index (χ0n) is 14.9. The Kier molecular flexibility index (Phi) is 7.40. The molecule has 1 aromatic heterocycles. The van der Waals surface area contributed by atoms with Crippen LogP contribution in [0.5, 0.6) is 0 Å². The van der Waals surface area contributed by atoms with E-state index >= 15 is 0 Å². The second kappa shape index (κ2) is 9.78. The van der Waals surface area contributed by atoms with E-state index in [1.54, 1.807) is 18.4 Å². The maximum atomic E-state index is 12.1. The molecule has 6 nitrogen and oxygen atoms in total. The van der Waals surface area contributed by atoms with E-state index in [1.807, 2.05) is 37.4 Å². The minimum atomic E-state index is -0.105. The van der Waals surface area contributed by atoms with Gasteiger partial charge in [-0.15, -0.1) is 11.3 Å². The topological polar surface area (TPSA) is 78.4 Å². The zero-order chi connectivity index (χ0) is 18.1. The van der Waals surface area contributed by atoms with Crippen molar-refractivity contribution in [1.29, 1.82) is 0 Å². The highest BCUT2D eigenvalue weighted by Crippen LogP contribution is 2.11. The molecule has 3 N–H and O–H groups in total. The van der Waals surface area contributed by atoms with Gasteiger partial charge in [0.15, 0.2) is 5.96 Å². The van der Waals surface area contributed by atoms with Crippen LogP contribution in [0.4, 0.5) is 5.69 Å². The molecule has 0 spiro atoms. The summed E-state index contributed by atoms with van der Waals surface area (Å²) in [5.74, 6) is 0.498. The summed E-state index contributed by atoms with van der Waals surface area (Å²) in [5.41, 5.74) is 2.01. The van der Waals surface area contributed by atoms with Crippen LogP contribution in [0.3, 0.4) is 0 Å². The zero-order valence-corrected chi connectivity index (χ0v) is 15.7. The van der Waals surface area contributed by atoms with Crippen molar-refractivity contribution in [3.63, 3.8) is 0 Å². The van der Waals surface area contributed by atoms with Crippen molar-refractivity contribution in [3.05, 3.63) is 45.9 Å². The van der Waals surface area contributed by atoms with Crippen LogP contribution in [0.2, 0.25) is 0 Å². The Hall–Kier alpha value is -2.41. The number of amides is 1. The van der Waals surface area contributed by atoms with Gasteiger partial charge >= 0.3 is 0 Å². The molecule has 2 rings (SSSR count). The Labute approximate surface area is 152 Å². The van der Waals surface area contributed by atoms with Crippen LogP contribution in [0.15, 0.2) is 35.5 Å². The molecule has 0 atom stereocenters. The van der Waals surface area contributed by atoms with E-state index in [1.165, 1.54) is 10.4 Å². The van der Waals surface area contributed by atoms with Gasteiger partial charge in [-0.3, -0.25) is 9.79 Å². The maximum Gasteiger partial charge on any atom is 0.243 e. The fraction of sp³-hybridized carbons (Fsp3) is 0.389. The van der Waals surface area contributed by atoms with Gasteiger partial charge in [-0.25, -0.2) is 4.98 Å². The first-order valence-electron chi connectivity index (χ1n) is 8.35. The van der Waals surface area contributed by atoms with Crippen molar-refractivity contribution in [2.45, 2.75) is 26.7 Å². The van der Waals surface area contributed by atoms with Crippen molar-refractivity contribution >= 4 is 28.9 Å². The van der Waals surface area contributed by atoms with E-state index in [9.17, 15) is 4.79 Å². The first kappa shape index (κ1) is 18.9. The molecule has 2 aromatic rings. The number of carbonyl (C=O) groups excluding carboxylic acids is 1. The van der Waals surface area contributed by atoms with Crippen LogP contribution in [-0.4, -0.2) is 37.0 Å². The van der Waals surface area contributed by atoms with E-state index < -0.39 is 0 Å². The number of rotatable bonds is 7. The summed E-state index contributed by atoms with van der Waals surface area (Å²) in [6.45, 7) is 5.01. The molecule has 0 radical (unpaired) electrons. The van der Waals surface area contributed by atoms with E-state index in [-0.39, 0.29) is 12.5 Å². The molecule has 0 aliphatic heterocycles. The lowest BCUT2D eigenvalue weighted by Crippen LogP contribution is -2.42. The maximum absolute atomic E-state index is 12.1. The summed E-state index contributed by atoms with van der Waals surface area (Å²) in [7, 11) is 1.69. The quantitative estimate of drug-likeness (QED) is 0.524. The predicted molar refractivity (Wildman–Crippen MR) is 104 cm³/mol. The van der Waals surface area contributed by atoms with Gasteiger partial charge in [-0.2, -0.15) is 0 Å². The molecular weight excluding hydrogens is 334 g/mol. The lowest BCUT2D eigenvalue weighted by Gasteiger charge is -2.12. The highest BCUT2D eigenvalue weighted by molar-refractivity contribution is 7.11. The molecule has 0 fully saturated rings. The van der Waals surface area contributed by atoms with E-state index in [0.717, 1.165) is 23.5 Å². The van der Waals surface area contributed by atoms with Gasteiger partial charge in [0.05, 0.1) is 11.6 Å². The molecule has 0 aliphatic carbocycles. The summed E-state index contributed by atoms with van der Waals surface area (Å²) in [5, 5.41) is 10.2. The normalized spacial score (nSPS) is 11.2. The molecular formula is C18H25N5OS. The lowest BCUT2D eigenvalue weighted by atomic mass is 10.1. The van der Waals surface area contributed by atoms with E-state index in [0.29, 0.717) is 12.5 Å². The first-order chi connectivity index (χ1) is 12.1. The number of hydrogen-bond donors (Lipinski definition) is 3. The monoisotopic (exact) mass is 359 g/mol. The second-order valence-corrected chi connectivity index (χ2v) is 6.89. The van der Waals surface area contributed by atoms with Crippen molar-refractivity contribution in [3.8, 4) is 0 Å². The van der Waals surface area contributed by atoms with Crippen molar-refractivity contribution in [2.24, 2.45) is 4.99 Å². The molecule has 134 valence electrons. The fourth-order valence-electron chi connectivity index (χ4n) is 2.26. The number of anilines is 1. The molecule has 0 saturated carbocycles. The van der Waals surface area contributed by atoms with Crippen LogP contribution >= 0.6 is 11.3 Å². The van der Waals surface area contributed by atoms with Gasteiger partial charge < -0.3 is 16.0 Å². The molecule has 0 unspecified atom stereocenters. The fourth-order valence-corrected chi connectivity index (χ4v) is 3.05. The highest BCUT2D eigenvalue weighted by Gasteiger charge is 2.05. The minimum Gasteiger partial charge on any atom is -0.356 e. The van der Waals surface area contributed by atoms with Crippen LogP contribution in [0.25, 0.3) is 0 Å². The van der Waals surface area contributed by atoms with Crippen molar-refractivity contribution in [1.82, 2.24) is 15.6 Å². The number of aliphatic imine (C=N–C) groups is 1. The Morgan fingerprint density at radius 3 is 2.84 bits per heavy atom. The number of benzene rings is 1. The summed E-state index contributed by atoms with van der Waals surface area (Å²) in [6, 6.07) is 7.87. The summed E-state index contributed by atoms with van der Waals surface area (Å²) in [6.07, 6.45) is 3.65. The minimum absolute atomic E-state index is 0.105. The SMILES string of the molecule is CCc1cccc(NC(=O)CNC(=NC)NCCc2ncc(C)s2)c1. The molecule has 1 heterocycles. The number of aromatic nitrogens is 1. The largest absolute Gasteiger partial charge is 0.356 e. The smallest absolute Gasteiger partial charge is 0.243 e. The summed E-state index contributed by atoms with van der Waals surface area (Å²) >= 11 is 1.69. The average molecular weight is 359 g/mol. The van der Waals surface area contributed by atoms with Crippen molar-refractivity contribution in [2.75, 3.05) is 25.5 Å². The van der Waals surface area contributed by atoms with E-state index in [2.05, 4.69) is 32.9 Å². The van der Waals surface area contributed by atoms with Gasteiger partial charge in [-0.05, 0) is 31.0 Å². The standard InChI is InChI=1S/C18H25N5OS/c1-4-14-6-5-7-15(10-14)23-16(24)12-22-18(19-3)20-9-8-17-21-11-13(2)25-17/h5-7,10-11H,4,8-9,12H2,1-3H3,(H,23,24)(H2,19,20,22). The summed E-state index contributed by atoms with van der Waals surface area (Å²) < 4.78 is 0. The lowest BCUT2D eigenvalue weighted by molar-refractivity contribution is -0.115. The van der Waals surface area contributed by atoms with Crippen molar-refractivity contribution < 1.29 is 4.79 Å². The van der Waals surface area contributed by atoms with Crippen LogP contribution < -0.4 is 16.0 Å².